The molecule has 2 heterocycles. The minimum Gasteiger partial charge on any atom is -0.336 e. The number of anilines is 1. The monoisotopic (exact) mass is 428 g/mol. The second-order valence-corrected chi connectivity index (χ2v) is 7.98. The van der Waals surface area contributed by atoms with E-state index in [0.29, 0.717) is 17.7 Å². The molecule has 7 nitrogen and oxygen atoms in total. The van der Waals surface area contributed by atoms with Crippen LogP contribution in [0.3, 0.4) is 0 Å². The fourth-order valence-corrected chi connectivity index (χ4v) is 4.05. The normalized spacial score (nSPS) is 20.1. The van der Waals surface area contributed by atoms with E-state index in [2.05, 4.69) is 16.0 Å². The van der Waals surface area contributed by atoms with Gasteiger partial charge in [-0.3, -0.25) is 9.59 Å². The minimum atomic E-state index is -0.858. The number of amides is 4. The van der Waals surface area contributed by atoms with Crippen molar-refractivity contribution in [3.05, 3.63) is 53.6 Å². The molecule has 3 N–H and O–H groups in total. The average Bonchev–Trinajstić information content (AvgIpc) is 3.06. The Balaban J connectivity index is 1.64. The Labute approximate surface area is 177 Å². The molecule has 9 heteroatoms. The van der Waals surface area contributed by atoms with Crippen LogP contribution in [0.5, 0.6) is 0 Å². The van der Waals surface area contributed by atoms with Crippen LogP contribution in [0.25, 0.3) is 11.1 Å². The highest BCUT2D eigenvalue weighted by Gasteiger charge is 2.45. The Bertz CT molecular complexity index is 1070. The number of fused-ring (bicyclic) bond motifs is 2. The van der Waals surface area contributed by atoms with Crippen molar-refractivity contribution in [2.24, 2.45) is 0 Å². The molecule has 162 valence electrons. The number of hydrogen-bond acceptors (Lipinski definition) is 3. The number of hydrogen-bond donors (Lipinski definition) is 3. The maximum absolute atomic E-state index is 14.2. The summed E-state index contributed by atoms with van der Waals surface area (Å²) >= 11 is 0. The van der Waals surface area contributed by atoms with E-state index >= 15 is 0 Å². The highest BCUT2D eigenvalue weighted by molar-refractivity contribution is 6.11. The van der Waals surface area contributed by atoms with Crippen molar-refractivity contribution < 1.29 is 23.2 Å². The molecule has 2 aliphatic heterocycles. The van der Waals surface area contributed by atoms with Gasteiger partial charge in [0.2, 0.25) is 5.91 Å². The van der Waals surface area contributed by atoms with E-state index in [-0.39, 0.29) is 23.7 Å². The van der Waals surface area contributed by atoms with E-state index in [4.69, 9.17) is 0 Å². The summed E-state index contributed by atoms with van der Waals surface area (Å²) in [6.07, 6.45) is 0.428. The largest absolute Gasteiger partial charge is 0.336 e. The first-order valence-electron chi connectivity index (χ1n) is 10.0. The van der Waals surface area contributed by atoms with Gasteiger partial charge in [-0.2, -0.15) is 0 Å². The van der Waals surface area contributed by atoms with E-state index in [1.165, 1.54) is 23.1 Å². The molecule has 31 heavy (non-hydrogen) atoms. The van der Waals surface area contributed by atoms with Gasteiger partial charge < -0.3 is 20.9 Å². The first-order valence-corrected chi connectivity index (χ1v) is 10.0. The molecule has 2 atom stereocenters. The van der Waals surface area contributed by atoms with Gasteiger partial charge in [0.05, 0.1) is 17.3 Å². The number of benzene rings is 2. The van der Waals surface area contributed by atoms with Crippen molar-refractivity contribution in [1.29, 1.82) is 0 Å². The Morgan fingerprint density at radius 2 is 1.90 bits per heavy atom. The standard InChI is InChI=1S/C22H22F2N4O3/c1-11(2)25-22(31)27-18-7-8-28-19(18)20(29)26-17-6-3-12(9-15(17)21(28)30)14-5-4-13(23)10-16(14)24/h3-6,9-11,18-19H,7-8H2,1-2H3,(H,26,29)(H2,25,27,31)/t18-,19-/m0/s1. The summed E-state index contributed by atoms with van der Waals surface area (Å²) < 4.78 is 27.5. The molecule has 0 radical (unpaired) electrons. The third-order valence-corrected chi connectivity index (χ3v) is 5.41. The predicted molar refractivity (Wildman–Crippen MR) is 110 cm³/mol. The van der Waals surface area contributed by atoms with Gasteiger partial charge in [-0.1, -0.05) is 6.07 Å². The molecule has 1 saturated heterocycles. The zero-order valence-corrected chi connectivity index (χ0v) is 17.0. The summed E-state index contributed by atoms with van der Waals surface area (Å²) in [5.74, 6) is -2.24. The molecule has 4 rings (SSSR count). The number of nitrogens with zero attached hydrogens (tertiary/aromatic N) is 1. The fraction of sp³-hybridized carbons (Fsp3) is 0.318. The van der Waals surface area contributed by atoms with Crippen molar-refractivity contribution in [3.8, 4) is 11.1 Å². The molecule has 0 unspecified atom stereocenters. The average molecular weight is 428 g/mol. The zero-order chi connectivity index (χ0) is 22.3. The Hall–Kier alpha value is -3.49. The Morgan fingerprint density at radius 1 is 1.13 bits per heavy atom. The van der Waals surface area contributed by atoms with Gasteiger partial charge in [-0.15, -0.1) is 0 Å². The summed E-state index contributed by atoms with van der Waals surface area (Å²) in [6, 6.07) is 5.93. The van der Waals surface area contributed by atoms with Crippen LogP contribution in [-0.4, -0.2) is 47.4 Å². The predicted octanol–water partition coefficient (Wildman–Crippen LogP) is 2.87. The SMILES string of the molecule is CC(C)NC(=O)N[C@H]1CCN2C(=O)c3cc(-c4ccc(F)cc4F)ccc3NC(=O)[C@H]12. The summed E-state index contributed by atoms with van der Waals surface area (Å²) in [5.41, 5.74) is 1.06. The van der Waals surface area contributed by atoms with Crippen LogP contribution in [0, 0.1) is 11.6 Å². The maximum Gasteiger partial charge on any atom is 0.315 e. The van der Waals surface area contributed by atoms with Gasteiger partial charge in [0.15, 0.2) is 0 Å². The molecular weight excluding hydrogens is 406 g/mol. The van der Waals surface area contributed by atoms with Crippen LogP contribution in [0.1, 0.15) is 30.6 Å². The van der Waals surface area contributed by atoms with Crippen molar-refractivity contribution >= 4 is 23.5 Å². The summed E-state index contributed by atoms with van der Waals surface area (Å²) in [4.78, 5) is 39.7. The molecule has 0 aliphatic carbocycles. The van der Waals surface area contributed by atoms with Crippen LogP contribution in [0.4, 0.5) is 19.3 Å². The number of carbonyl (C=O) groups excluding carboxylic acids is 3. The number of carbonyl (C=O) groups is 3. The first-order chi connectivity index (χ1) is 14.7. The number of rotatable bonds is 3. The van der Waals surface area contributed by atoms with Crippen molar-refractivity contribution in [2.75, 3.05) is 11.9 Å². The third kappa shape index (κ3) is 3.95. The highest BCUT2D eigenvalue weighted by Crippen LogP contribution is 2.33. The maximum atomic E-state index is 14.2. The molecule has 1 fully saturated rings. The highest BCUT2D eigenvalue weighted by atomic mass is 19.1. The van der Waals surface area contributed by atoms with Gasteiger partial charge in [0.1, 0.15) is 17.7 Å². The van der Waals surface area contributed by atoms with Crippen LogP contribution in [0.2, 0.25) is 0 Å². The molecule has 0 bridgehead atoms. The molecule has 2 aromatic carbocycles. The van der Waals surface area contributed by atoms with Crippen LogP contribution in [-0.2, 0) is 4.79 Å². The summed E-state index contributed by atoms with van der Waals surface area (Å²) in [5, 5.41) is 8.23. The first kappa shape index (κ1) is 20.8. The van der Waals surface area contributed by atoms with E-state index < -0.39 is 41.6 Å². The topological polar surface area (TPSA) is 90.5 Å². The lowest BCUT2D eigenvalue weighted by Gasteiger charge is -2.25. The van der Waals surface area contributed by atoms with E-state index in [1.807, 2.05) is 13.8 Å². The Morgan fingerprint density at radius 3 is 2.61 bits per heavy atom. The van der Waals surface area contributed by atoms with E-state index in [1.54, 1.807) is 6.07 Å². The second kappa shape index (κ2) is 7.98. The quantitative estimate of drug-likeness (QED) is 0.702. The van der Waals surface area contributed by atoms with E-state index in [9.17, 15) is 23.2 Å². The van der Waals surface area contributed by atoms with Gasteiger partial charge in [0.25, 0.3) is 5.91 Å². The number of urea groups is 1. The van der Waals surface area contributed by atoms with Gasteiger partial charge in [-0.25, -0.2) is 13.6 Å². The minimum absolute atomic E-state index is 0.0726. The summed E-state index contributed by atoms with van der Waals surface area (Å²) in [6.45, 7) is 3.93. The van der Waals surface area contributed by atoms with E-state index in [0.717, 1.165) is 12.1 Å². The van der Waals surface area contributed by atoms with Crippen molar-refractivity contribution in [2.45, 2.75) is 38.4 Å². The Kier molecular flexibility index (Phi) is 5.34. The molecule has 2 aromatic rings. The zero-order valence-electron chi connectivity index (χ0n) is 17.0. The lowest BCUT2D eigenvalue weighted by molar-refractivity contribution is -0.120. The van der Waals surface area contributed by atoms with Gasteiger partial charge in [-0.05, 0) is 50.1 Å². The number of halogens is 2. The van der Waals surface area contributed by atoms with Crippen molar-refractivity contribution in [1.82, 2.24) is 15.5 Å². The third-order valence-electron chi connectivity index (χ3n) is 5.41. The molecule has 4 amide bonds. The van der Waals surface area contributed by atoms with Crippen LogP contribution >= 0.6 is 0 Å². The number of nitrogens with one attached hydrogen (secondary N) is 3. The lowest BCUT2D eigenvalue weighted by Crippen LogP contribution is -2.54. The second-order valence-electron chi connectivity index (χ2n) is 7.98. The molecule has 0 spiro atoms. The van der Waals surface area contributed by atoms with Crippen LogP contribution in [0.15, 0.2) is 36.4 Å². The molecular formula is C22H22F2N4O3. The van der Waals surface area contributed by atoms with Crippen LogP contribution < -0.4 is 16.0 Å². The van der Waals surface area contributed by atoms with Gasteiger partial charge in [0, 0.05) is 24.2 Å². The fourth-order valence-electron chi connectivity index (χ4n) is 4.05. The molecule has 0 aromatic heterocycles. The van der Waals surface area contributed by atoms with Gasteiger partial charge >= 0.3 is 6.03 Å². The van der Waals surface area contributed by atoms with Crippen molar-refractivity contribution in [3.63, 3.8) is 0 Å². The summed E-state index contributed by atoms with van der Waals surface area (Å²) in [7, 11) is 0. The lowest BCUT2D eigenvalue weighted by atomic mass is 10.0. The molecule has 2 aliphatic rings. The smallest absolute Gasteiger partial charge is 0.315 e. The molecule has 0 saturated carbocycles.